The van der Waals surface area contributed by atoms with Gasteiger partial charge in [-0.3, -0.25) is 19.3 Å². The Morgan fingerprint density at radius 1 is 1.23 bits per heavy atom. The second kappa shape index (κ2) is 8.80. The molecule has 1 saturated heterocycles. The molecule has 0 unspecified atom stereocenters. The molecule has 0 saturated carbocycles. The van der Waals surface area contributed by atoms with Crippen molar-refractivity contribution in [2.24, 2.45) is 11.7 Å². The van der Waals surface area contributed by atoms with E-state index in [0.29, 0.717) is 13.1 Å². The van der Waals surface area contributed by atoms with E-state index in [-0.39, 0.29) is 36.7 Å². The Morgan fingerprint density at radius 2 is 1.88 bits per heavy atom. The van der Waals surface area contributed by atoms with Crippen LogP contribution in [-0.4, -0.2) is 60.7 Å². The Balaban J connectivity index is 1.85. The van der Waals surface area contributed by atoms with Crippen LogP contribution in [0.15, 0.2) is 18.2 Å². The molecule has 7 heteroatoms. The lowest BCUT2D eigenvalue weighted by molar-refractivity contribution is -0.135. The van der Waals surface area contributed by atoms with Crippen LogP contribution in [0.4, 0.5) is 5.69 Å². The molecule has 26 heavy (non-hydrogen) atoms. The third kappa shape index (κ3) is 5.29. The molecule has 1 aromatic rings. The quantitative estimate of drug-likeness (QED) is 0.788. The normalized spacial score (nSPS) is 17.2. The minimum Gasteiger partial charge on any atom is -0.369 e. The molecule has 0 spiro atoms. The lowest BCUT2D eigenvalue weighted by Crippen LogP contribution is -2.47. The van der Waals surface area contributed by atoms with Gasteiger partial charge in [-0.25, -0.2) is 0 Å². The third-order valence-corrected chi connectivity index (χ3v) is 4.74. The molecule has 3 N–H and O–H groups in total. The number of nitrogens with two attached hydrogens (primary N) is 1. The Morgan fingerprint density at radius 3 is 2.50 bits per heavy atom. The number of amides is 3. The zero-order valence-electron chi connectivity index (χ0n) is 15.7. The number of anilines is 1. The summed E-state index contributed by atoms with van der Waals surface area (Å²) in [5, 5.41) is 2.92. The molecule has 1 aliphatic rings. The van der Waals surface area contributed by atoms with Crippen LogP contribution < -0.4 is 11.1 Å². The first-order valence-corrected chi connectivity index (χ1v) is 8.89. The van der Waals surface area contributed by atoms with Gasteiger partial charge >= 0.3 is 0 Å². The van der Waals surface area contributed by atoms with Crippen molar-refractivity contribution in [2.45, 2.75) is 26.7 Å². The van der Waals surface area contributed by atoms with Crippen LogP contribution in [0.25, 0.3) is 0 Å². The average Bonchev–Trinajstić information content (AvgIpc) is 2.58. The van der Waals surface area contributed by atoms with E-state index in [2.05, 4.69) is 5.32 Å². The number of aryl methyl sites for hydroxylation is 2. The van der Waals surface area contributed by atoms with Gasteiger partial charge in [0.05, 0.1) is 19.0 Å². The molecule has 7 nitrogen and oxygen atoms in total. The number of piperidine rings is 1. The molecule has 3 amide bonds. The number of carbonyl (C=O) groups is 3. The number of benzene rings is 1. The van der Waals surface area contributed by atoms with E-state index in [1.165, 1.54) is 0 Å². The van der Waals surface area contributed by atoms with Gasteiger partial charge in [-0.15, -0.1) is 0 Å². The van der Waals surface area contributed by atoms with Gasteiger partial charge in [0, 0.05) is 18.8 Å². The van der Waals surface area contributed by atoms with Crippen LogP contribution in [0.5, 0.6) is 0 Å². The molecular formula is C19H28N4O3. The molecule has 0 radical (unpaired) electrons. The molecule has 1 heterocycles. The van der Waals surface area contributed by atoms with E-state index < -0.39 is 0 Å². The highest BCUT2D eigenvalue weighted by atomic mass is 16.2. The second-order valence-corrected chi connectivity index (χ2v) is 7.07. The summed E-state index contributed by atoms with van der Waals surface area (Å²) in [5.74, 6) is -0.876. The number of primary amides is 1. The number of carbonyl (C=O) groups excluding carboxylic acids is 3. The van der Waals surface area contributed by atoms with E-state index in [1.54, 1.807) is 16.8 Å². The Labute approximate surface area is 154 Å². The summed E-state index contributed by atoms with van der Waals surface area (Å²) < 4.78 is 0. The summed E-state index contributed by atoms with van der Waals surface area (Å²) in [5.41, 5.74) is 8.18. The fraction of sp³-hybridized carbons (Fsp3) is 0.526. The molecule has 1 aliphatic heterocycles. The van der Waals surface area contributed by atoms with Crippen LogP contribution in [0.1, 0.15) is 24.0 Å². The molecule has 2 rings (SSSR count). The minimum absolute atomic E-state index is 0.0849. The fourth-order valence-corrected chi connectivity index (χ4v) is 3.26. The van der Waals surface area contributed by atoms with E-state index in [9.17, 15) is 14.4 Å². The predicted molar refractivity (Wildman–Crippen MR) is 101 cm³/mol. The number of likely N-dealkylation sites (tertiary alicyclic amines) is 1. The lowest BCUT2D eigenvalue weighted by Gasteiger charge is -2.32. The Bertz CT molecular complexity index is 669. The maximum absolute atomic E-state index is 12.4. The largest absolute Gasteiger partial charge is 0.369 e. The van der Waals surface area contributed by atoms with Gasteiger partial charge in [-0.1, -0.05) is 18.2 Å². The van der Waals surface area contributed by atoms with Gasteiger partial charge in [0.1, 0.15) is 0 Å². The number of para-hydroxylation sites is 1. The number of likely N-dealkylation sites (N-methyl/N-ethyl adjacent to an activating group) is 1. The van der Waals surface area contributed by atoms with E-state index in [1.807, 2.05) is 32.0 Å². The number of hydrogen-bond acceptors (Lipinski definition) is 4. The van der Waals surface area contributed by atoms with Crippen LogP contribution in [0.2, 0.25) is 0 Å². The number of rotatable bonds is 6. The summed E-state index contributed by atoms with van der Waals surface area (Å²) in [4.78, 5) is 39.4. The van der Waals surface area contributed by atoms with E-state index in [0.717, 1.165) is 29.7 Å². The smallest absolute Gasteiger partial charge is 0.238 e. The molecule has 1 atom stereocenters. The van der Waals surface area contributed by atoms with Gasteiger partial charge in [0.25, 0.3) is 0 Å². The number of hydrogen-bond donors (Lipinski definition) is 2. The van der Waals surface area contributed by atoms with Crippen molar-refractivity contribution in [3.05, 3.63) is 29.3 Å². The van der Waals surface area contributed by atoms with Crippen molar-refractivity contribution in [3.63, 3.8) is 0 Å². The molecule has 142 valence electrons. The minimum atomic E-state index is -0.358. The first kappa shape index (κ1) is 19.9. The van der Waals surface area contributed by atoms with Crippen LogP contribution in [-0.2, 0) is 14.4 Å². The summed E-state index contributed by atoms with van der Waals surface area (Å²) in [6, 6.07) is 5.84. The van der Waals surface area contributed by atoms with Crippen molar-refractivity contribution < 1.29 is 14.4 Å². The fourth-order valence-electron chi connectivity index (χ4n) is 3.26. The predicted octanol–water partition coefficient (Wildman–Crippen LogP) is 0.898. The van der Waals surface area contributed by atoms with Gasteiger partial charge in [0.15, 0.2) is 0 Å². The highest BCUT2D eigenvalue weighted by Gasteiger charge is 2.27. The van der Waals surface area contributed by atoms with Crippen LogP contribution in [0, 0.1) is 19.8 Å². The maximum Gasteiger partial charge on any atom is 0.238 e. The molecule has 1 fully saturated rings. The maximum atomic E-state index is 12.4. The van der Waals surface area contributed by atoms with Crippen LogP contribution in [0.3, 0.4) is 0 Å². The molecule has 0 aliphatic carbocycles. The Hall–Kier alpha value is -2.41. The van der Waals surface area contributed by atoms with E-state index in [4.69, 9.17) is 5.73 Å². The topological polar surface area (TPSA) is 95.7 Å². The van der Waals surface area contributed by atoms with Crippen molar-refractivity contribution in [1.29, 1.82) is 0 Å². The average molecular weight is 360 g/mol. The standard InChI is InChI=1S/C19H28N4O3/c1-13-6-4-7-14(2)18(13)21-16(24)11-22(3)12-17(25)23-9-5-8-15(10-23)19(20)26/h4,6-7,15H,5,8-12H2,1-3H3,(H2,20,26)(H,21,24)/t15-/m0/s1. The monoisotopic (exact) mass is 360 g/mol. The van der Waals surface area contributed by atoms with Crippen molar-refractivity contribution in [3.8, 4) is 0 Å². The second-order valence-electron chi connectivity index (χ2n) is 7.07. The summed E-state index contributed by atoms with van der Waals surface area (Å²) in [7, 11) is 1.73. The molecule has 0 bridgehead atoms. The zero-order valence-corrected chi connectivity index (χ0v) is 15.7. The van der Waals surface area contributed by atoms with Gasteiger partial charge in [0.2, 0.25) is 17.7 Å². The van der Waals surface area contributed by atoms with Gasteiger partial charge in [-0.05, 0) is 44.9 Å². The molecular weight excluding hydrogens is 332 g/mol. The lowest BCUT2D eigenvalue weighted by atomic mass is 9.97. The summed E-state index contributed by atoms with van der Waals surface area (Å²) >= 11 is 0. The van der Waals surface area contributed by atoms with Crippen molar-refractivity contribution >= 4 is 23.4 Å². The highest BCUT2D eigenvalue weighted by molar-refractivity contribution is 5.94. The zero-order chi connectivity index (χ0) is 19.3. The summed E-state index contributed by atoms with van der Waals surface area (Å²) in [6.45, 7) is 5.14. The van der Waals surface area contributed by atoms with Crippen molar-refractivity contribution in [2.75, 3.05) is 38.5 Å². The summed E-state index contributed by atoms with van der Waals surface area (Å²) in [6.07, 6.45) is 1.50. The third-order valence-electron chi connectivity index (χ3n) is 4.74. The number of nitrogens with one attached hydrogen (secondary N) is 1. The van der Waals surface area contributed by atoms with Crippen molar-refractivity contribution in [1.82, 2.24) is 9.80 Å². The number of nitrogens with zero attached hydrogens (tertiary/aromatic N) is 2. The van der Waals surface area contributed by atoms with Gasteiger partial charge < -0.3 is 16.0 Å². The first-order valence-electron chi connectivity index (χ1n) is 8.89. The van der Waals surface area contributed by atoms with Crippen LogP contribution >= 0.6 is 0 Å². The van der Waals surface area contributed by atoms with E-state index >= 15 is 0 Å². The molecule has 0 aromatic heterocycles. The molecule has 1 aromatic carbocycles. The highest BCUT2D eigenvalue weighted by Crippen LogP contribution is 2.19. The van der Waals surface area contributed by atoms with Gasteiger partial charge in [-0.2, -0.15) is 0 Å². The SMILES string of the molecule is Cc1cccc(C)c1NC(=O)CN(C)CC(=O)N1CCC[C@H](C(N)=O)C1. The Kier molecular flexibility index (Phi) is 6.74. The first-order chi connectivity index (χ1) is 12.3.